The minimum Gasteiger partial charge on any atom is -0.496 e. The van der Waals surface area contributed by atoms with E-state index < -0.39 is 0 Å². The summed E-state index contributed by atoms with van der Waals surface area (Å²) in [7, 11) is 1.59. The van der Waals surface area contributed by atoms with Crippen molar-refractivity contribution in [3.8, 4) is 23.6 Å². The van der Waals surface area contributed by atoms with Crippen molar-refractivity contribution in [2.24, 2.45) is 0 Å². The highest BCUT2D eigenvalue weighted by atomic mass is 35.5. The van der Waals surface area contributed by atoms with Gasteiger partial charge in [-0.15, -0.1) is 0 Å². The molecule has 138 valence electrons. The van der Waals surface area contributed by atoms with Crippen molar-refractivity contribution >= 4 is 17.7 Å². The van der Waals surface area contributed by atoms with Crippen molar-refractivity contribution in [1.82, 2.24) is 0 Å². The summed E-state index contributed by atoms with van der Waals surface area (Å²) in [4.78, 5) is 0. The van der Waals surface area contributed by atoms with Gasteiger partial charge in [-0.25, -0.2) is 0 Å². The van der Waals surface area contributed by atoms with Crippen LogP contribution in [0.5, 0.6) is 11.5 Å². The standard InChI is InChI=1S/C22H21ClN2O2/c1-14(2)19-10-20(23)15(3)7-22(19)27-13-18-9-16(5-6-21(18)26-4)8-17(11-24)12-25/h5-10,14H,13H2,1-4H3. The number of rotatable bonds is 6. The first-order valence-corrected chi connectivity index (χ1v) is 8.89. The smallest absolute Gasteiger partial charge is 0.130 e. The summed E-state index contributed by atoms with van der Waals surface area (Å²) in [5.41, 5.74) is 3.60. The highest BCUT2D eigenvalue weighted by Gasteiger charge is 2.13. The molecule has 0 heterocycles. The zero-order valence-corrected chi connectivity index (χ0v) is 16.6. The van der Waals surface area contributed by atoms with Crippen molar-refractivity contribution in [2.45, 2.75) is 33.3 Å². The van der Waals surface area contributed by atoms with E-state index >= 15 is 0 Å². The van der Waals surface area contributed by atoms with Gasteiger partial charge in [-0.05, 0) is 59.9 Å². The lowest BCUT2D eigenvalue weighted by Crippen LogP contribution is -2.03. The number of nitriles is 2. The first-order valence-electron chi connectivity index (χ1n) is 8.51. The molecule has 0 aliphatic rings. The number of allylic oxidation sites excluding steroid dienone is 1. The molecular weight excluding hydrogens is 360 g/mol. The second-order valence-electron chi connectivity index (χ2n) is 6.44. The molecule has 5 heteroatoms. The van der Waals surface area contributed by atoms with Gasteiger partial charge in [0, 0.05) is 10.6 Å². The summed E-state index contributed by atoms with van der Waals surface area (Å²) in [5, 5.41) is 18.6. The zero-order valence-electron chi connectivity index (χ0n) is 15.8. The maximum absolute atomic E-state index is 8.94. The van der Waals surface area contributed by atoms with Crippen LogP contribution in [0, 0.1) is 29.6 Å². The molecule has 0 bridgehead atoms. The van der Waals surface area contributed by atoms with Crippen molar-refractivity contribution in [1.29, 1.82) is 10.5 Å². The molecule has 0 atom stereocenters. The molecule has 2 aromatic rings. The highest BCUT2D eigenvalue weighted by Crippen LogP contribution is 2.33. The van der Waals surface area contributed by atoms with Gasteiger partial charge in [0.15, 0.2) is 0 Å². The Kier molecular flexibility index (Phi) is 6.88. The fraction of sp³-hybridized carbons (Fsp3) is 0.273. The summed E-state index contributed by atoms with van der Waals surface area (Å²) < 4.78 is 11.5. The Morgan fingerprint density at radius 3 is 2.44 bits per heavy atom. The zero-order chi connectivity index (χ0) is 20.0. The predicted octanol–water partition coefficient (Wildman–Crippen LogP) is 5.79. The predicted molar refractivity (Wildman–Crippen MR) is 107 cm³/mol. The van der Waals surface area contributed by atoms with E-state index in [0.717, 1.165) is 33.0 Å². The molecule has 0 aromatic heterocycles. The molecule has 0 saturated heterocycles. The molecule has 0 unspecified atom stereocenters. The minimum atomic E-state index is 0.0439. The number of nitrogens with zero attached hydrogens (tertiary/aromatic N) is 2. The number of hydrogen-bond acceptors (Lipinski definition) is 4. The van der Waals surface area contributed by atoms with Crippen LogP contribution in [0.4, 0.5) is 0 Å². The Morgan fingerprint density at radius 1 is 1.15 bits per heavy atom. The third kappa shape index (κ3) is 5.03. The van der Waals surface area contributed by atoms with Crippen LogP contribution in [-0.4, -0.2) is 7.11 Å². The second-order valence-corrected chi connectivity index (χ2v) is 6.84. The molecule has 0 saturated carbocycles. The van der Waals surface area contributed by atoms with Crippen LogP contribution in [0.25, 0.3) is 6.08 Å². The normalized spacial score (nSPS) is 10.1. The fourth-order valence-electron chi connectivity index (χ4n) is 2.66. The van der Waals surface area contributed by atoms with Crippen molar-refractivity contribution in [3.63, 3.8) is 0 Å². The topological polar surface area (TPSA) is 66.0 Å². The van der Waals surface area contributed by atoms with E-state index in [9.17, 15) is 0 Å². The molecule has 0 N–H and O–H groups in total. The van der Waals surface area contributed by atoms with E-state index in [1.807, 2.05) is 37.3 Å². The van der Waals surface area contributed by atoms with E-state index in [0.29, 0.717) is 12.4 Å². The van der Waals surface area contributed by atoms with Crippen LogP contribution in [0.15, 0.2) is 35.9 Å². The summed E-state index contributed by atoms with van der Waals surface area (Å²) in [6.07, 6.45) is 1.54. The van der Waals surface area contributed by atoms with Crippen LogP contribution >= 0.6 is 11.6 Å². The Labute approximate surface area is 165 Å². The lowest BCUT2D eigenvalue weighted by Gasteiger charge is -2.17. The monoisotopic (exact) mass is 380 g/mol. The van der Waals surface area contributed by atoms with Crippen molar-refractivity contribution in [3.05, 3.63) is 63.2 Å². The largest absolute Gasteiger partial charge is 0.496 e. The first kappa shape index (κ1) is 20.4. The van der Waals surface area contributed by atoms with E-state index in [1.54, 1.807) is 19.2 Å². The maximum atomic E-state index is 8.94. The van der Waals surface area contributed by atoms with Crippen LogP contribution in [-0.2, 0) is 6.61 Å². The van der Waals surface area contributed by atoms with Gasteiger partial charge in [0.2, 0.25) is 0 Å². The third-order valence-electron chi connectivity index (χ3n) is 4.15. The van der Waals surface area contributed by atoms with E-state index in [-0.39, 0.29) is 11.5 Å². The molecule has 0 amide bonds. The number of aryl methyl sites for hydroxylation is 1. The molecular formula is C22H21ClN2O2. The van der Waals surface area contributed by atoms with Gasteiger partial charge in [0.25, 0.3) is 0 Å². The number of ether oxygens (including phenoxy) is 2. The Morgan fingerprint density at radius 2 is 1.85 bits per heavy atom. The summed E-state index contributed by atoms with van der Waals surface area (Å²) in [6, 6.07) is 13.1. The number of halogens is 1. The SMILES string of the molecule is COc1ccc(C=C(C#N)C#N)cc1COc1cc(C)c(Cl)cc1C(C)C. The number of benzene rings is 2. The summed E-state index contributed by atoms with van der Waals surface area (Å²) in [5.74, 6) is 1.73. The quantitative estimate of drug-likeness (QED) is 0.595. The molecule has 27 heavy (non-hydrogen) atoms. The lowest BCUT2D eigenvalue weighted by atomic mass is 10.0. The van der Waals surface area contributed by atoms with Crippen LogP contribution < -0.4 is 9.47 Å². The van der Waals surface area contributed by atoms with Gasteiger partial charge in [-0.2, -0.15) is 10.5 Å². The van der Waals surface area contributed by atoms with E-state index in [2.05, 4.69) is 13.8 Å². The van der Waals surface area contributed by atoms with Gasteiger partial charge < -0.3 is 9.47 Å². The average Bonchev–Trinajstić information content (AvgIpc) is 2.66. The second kappa shape index (κ2) is 9.12. The van der Waals surface area contributed by atoms with Crippen LogP contribution in [0.3, 0.4) is 0 Å². The van der Waals surface area contributed by atoms with Crippen molar-refractivity contribution < 1.29 is 9.47 Å². The van der Waals surface area contributed by atoms with Gasteiger partial charge in [0.05, 0.1) is 7.11 Å². The maximum Gasteiger partial charge on any atom is 0.130 e. The average molecular weight is 381 g/mol. The Hall–Kier alpha value is -2.95. The van der Waals surface area contributed by atoms with Crippen LogP contribution in [0.1, 0.15) is 42.0 Å². The molecule has 0 spiro atoms. The summed E-state index contributed by atoms with van der Waals surface area (Å²) >= 11 is 6.26. The van der Waals surface area contributed by atoms with Gasteiger partial charge in [0.1, 0.15) is 35.8 Å². The van der Waals surface area contributed by atoms with Gasteiger partial charge in [-0.1, -0.05) is 31.5 Å². The third-order valence-corrected chi connectivity index (χ3v) is 4.56. The van der Waals surface area contributed by atoms with Gasteiger partial charge in [-0.3, -0.25) is 0 Å². The number of methoxy groups -OCH3 is 1. The van der Waals surface area contributed by atoms with E-state index in [1.165, 1.54) is 6.08 Å². The van der Waals surface area contributed by atoms with E-state index in [4.69, 9.17) is 31.6 Å². The lowest BCUT2D eigenvalue weighted by molar-refractivity contribution is 0.292. The molecule has 4 nitrogen and oxygen atoms in total. The van der Waals surface area contributed by atoms with Gasteiger partial charge >= 0.3 is 0 Å². The Bertz CT molecular complexity index is 934. The number of hydrogen-bond donors (Lipinski definition) is 0. The molecule has 0 aliphatic carbocycles. The molecule has 0 aliphatic heterocycles. The van der Waals surface area contributed by atoms with Crippen molar-refractivity contribution in [2.75, 3.05) is 7.11 Å². The molecule has 0 radical (unpaired) electrons. The molecule has 0 fully saturated rings. The molecule has 2 aromatic carbocycles. The Balaban J connectivity index is 2.35. The first-order chi connectivity index (χ1) is 12.9. The summed E-state index contributed by atoms with van der Waals surface area (Å²) in [6.45, 7) is 6.41. The molecule has 2 rings (SSSR count). The fourth-order valence-corrected chi connectivity index (χ4v) is 2.83. The minimum absolute atomic E-state index is 0.0439. The highest BCUT2D eigenvalue weighted by molar-refractivity contribution is 6.31. The van der Waals surface area contributed by atoms with Crippen LogP contribution in [0.2, 0.25) is 5.02 Å².